The zero-order valence-corrected chi connectivity index (χ0v) is 10.1. The lowest BCUT2D eigenvalue weighted by molar-refractivity contribution is -0.123. The molecular formula is C9H16N2OS2. The third kappa shape index (κ3) is 2.60. The van der Waals surface area contributed by atoms with E-state index >= 15 is 0 Å². The maximum absolute atomic E-state index is 11.8. The average Bonchev–Trinajstić information content (AvgIpc) is 2.53. The summed E-state index contributed by atoms with van der Waals surface area (Å²) in [4.78, 5) is 12.2. The number of carbonyl (C=O) groups is 1. The third-order valence-corrected chi connectivity index (χ3v) is 4.35. The van der Waals surface area contributed by atoms with Gasteiger partial charge in [0.25, 0.3) is 0 Å². The van der Waals surface area contributed by atoms with Crippen molar-refractivity contribution in [3.8, 4) is 0 Å². The first-order valence-corrected chi connectivity index (χ1v) is 6.09. The van der Waals surface area contributed by atoms with E-state index in [-0.39, 0.29) is 16.7 Å². The van der Waals surface area contributed by atoms with E-state index < -0.39 is 0 Å². The highest BCUT2D eigenvalue weighted by atomic mass is 32.2. The lowest BCUT2D eigenvalue weighted by atomic mass is 10.0. The normalized spacial score (nSPS) is 28.4. The molecule has 0 bridgehead atoms. The number of thioether (sulfide) groups is 1. The Kier molecular flexibility index (Phi) is 3.78. The van der Waals surface area contributed by atoms with Gasteiger partial charge in [0.2, 0.25) is 5.91 Å². The van der Waals surface area contributed by atoms with Crippen molar-refractivity contribution in [2.24, 2.45) is 5.73 Å². The maximum Gasteiger partial charge on any atom is 0.236 e. The van der Waals surface area contributed by atoms with Gasteiger partial charge in [0.1, 0.15) is 0 Å². The van der Waals surface area contributed by atoms with Gasteiger partial charge in [0.05, 0.1) is 15.8 Å². The third-order valence-electron chi connectivity index (χ3n) is 2.47. The van der Waals surface area contributed by atoms with E-state index in [4.69, 9.17) is 18.0 Å². The van der Waals surface area contributed by atoms with Gasteiger partial charge < -0.3 is 11.1 Å². The summed E-state index contributed by atoms with van der Waals surface area (Å²) in [5.41, 5.74) is 5.44. The summed E-state index contributed by atoms with van der Waals surface area (Å²) >= 11 is 6.51. The monoisotopic (exact) mass is 232 g/mol. The van der Waals surface area contributed by atoms with Crippen LogP contribution in [0.15, 0.2) is 0 Å². The summed E-state index contributed by atoms with van der Waals surface area (Å²) in [6.07, 6.45) is 2.05. The van der Waals surface area contributed by atoms with Crippen molar-refractivity contribution in [3.63, 3.8) is 0 Å². The summed E-state index contributed by atoms with van der Waals surface area (Å²) < 4.78 is -0.279. The van der Waals surface area contributed by atoms with Gasteiger partial charge in [-0.15, -0.1) is 11.8 Å². The first kappa shape index (κ1) is 11.8. The van der Waals surface area contributed by atoms with Crippen LogP contribution in [0.3, 0.4) is 0 Å². The first-order chi connectivity index (χ1) is 6.46. The van der Waals surface area contributed by atoms with E-state index in [0.717, 1.165) is 18.6 Å². The number of hydrogen-bond acceptors (Lipinski definition) is 3. The molecule has 80 valence electrons. The van der Waals surface area contributed by atoms with Crippen molar-refractivity contribution < 1.29 is 4.79 Å². The van der Waals surface area contributed by atoms with Crippen LogP contribution in [0.1, 0.15) is 26.7 Å². The first-order valence-electron chi connectivity index (χ1n) is 4.70. The van der Waals surface area contributed by atoms with Crippen LogP contribution in [0.25, 0.3) is 0 Å². The maximum atomic E-state index is 11.8. The molecule has 1 amide bonds. The standard InChI is InChI=1S/C9H16N2OS2/c1-6(7(10)13)11-8(12)9(2)4-3-5-14-9/h6H,3-5H2,1-2H3,(H2,10,13)(H,11,12). The van der Waals surface area contributed by atoms with Gasteiger partial charge in [-0.1, -0.05) is 12.2 Å². The predicted molar refractivity (Wildman–Crippen MR) is 64.5 cm³/mol. The van der Waals surface area contributed by atoms with Crippen molar-refractivity contribution >= 4 is 34.9 Å². The molecule has 1 rings (SSSR count). The fourth-order valence-electron chi connectivity index (χ4n) is 1.38. The number of nitrogens with one attached hydrogen (secondary N) is 1. The molecule has 1 heterocycles. The van der Waals surface area contributed by atoms with Gasteiger partial charge in [-0.2, -0.15) is 0 Å². The number of nitrogens with two attached hydrogens (primary N) is 1. The number of carbonyl (C=O) groups excluding carboxylic acids is 1. The molecule has 1 fully saturated rings. The Morgan fingerprint density at radius 2 is 2.36 bits per heavy atom. The van der Waals surface area contributed by atoms with Gasteiger partial charge in [-0.3, -0.25) is 4.79 Å². The number of hydrogen-bond donors (Lipinski definition) is 2. The Labute approximate surface area is 94.2 Å². The average molecular weight is 232 g/mol. The van der Waals surface area contributed by atoms with E-state index in [0.29, 0.717) is 4.99 Å². The second kappa shape index (κ2) is 4.49. The Hall–Kier alpha value is -0.290. The minimum atomic E-state index is -0.279. The molecule has 0 aromatic rings. The molecule has 3 N–H and O–H groups in total. The predicted octanol–water partition coefficient (Wildman–Crippen LogP) is 1.06. The highest BCUT2D eigenvalue weighted by Crippen LogP contribution is 2.37. The van der Waals surface area contributed by atoms with Crippen LogP contribution in [0.2, 0.25) is 0 Å². The van der Waals surface area contributed by atoms with Crippen molar-refractivity contribution in [1.82, 2.24) is 5.32 Å². The fraction of sp³-hybridized carbons (Fsp3) is 0.778. The van der Waals surface area contributed by atoms with Crippen molar-refractivity contribution in [3.05, 3.63) is 0 Å². The molecule has 0 aromatic heterocycles. The van der Waals surface area contributed by atoms with Crippen LogP contribution in [-0.2, 0) is 4.79 Å². The van der Waals surface area contributed by atoms with Crippen LogP contribution < -0.4 is 11.1 Å². The smallest absolute Gasteiger partial charge is 0.236 e. The van der Waals surface area contributed by atoms with E-state index in [1.807, 2.05) is 13.8 Å². The zero-order chi connectivity index (χ0) is 10.8. The highest BCUT2D eigenvalue weighted by Gasteiger charge is 2.37. The lowest BCUT2D eigenvalue weighted by Crippen LogP contribution is -2.48. The Balaban J connectivity index is 2.53. The molecule has 0 aromatic carbocycles. The largest absolute Gasteiger partial charge is 0.392 e. The van der Waals surface area contributed by atoms with Crippen molar-refractivity contribution in [1.29, 1.82) is 0 Å². The lowest BCUT2D eigenvalue weighted by Gasteiger charge is -2.23. The molecule has 2 atom stereocenters. The molecule has 0 saturated carbocycles. The van der Waals surface area contributed by atoms with E-state index in [9.17, 15) is 4.79 Å². The van der Waals surface area contributed by atoms with Crippen LogP contribution >= 0.6 is 24.0 Å². The number of thiocarbonyl (C=S) groups is 1. The van der Waals surface area contributed by atoms with Crippen molar-refractivity contribution in [2.75, 3.05) is 5.75 Å². The van der Waals surface area contributed by atoms with Crippen LogP contribution in [0.5, 0.6) is 0 Å². The summed E-state index contributed by atoms with van der Waals surface area (Å²) in [5, 5.41) is 2.84. The summed E-state index contributed by atoms with van der Waals surface area (Å²) in [7, 11) is 0. The molecule has 3 nitrogen and oxygen atoms in total. The molecule has 1 saturated heterocycles. The van der Waals surface area contributed by atoms with Crippen molar-refractivity contribution in [2.45, 2.75) is 37.5 Å². The highest BCUT2D eigenvalue weighted by molar-refractivity contribution is 8.01. The van der Waals surface area contributed by atoms with Crippen LogP contribution in [0.4, 0.5) is 0 Å². The number of rotatable bonds is 3. The van der Waals surface area contributed by atoms with Gasteiger partial charge in [-0.05, 0) is 32.4 Å². The molecular weight excluding hydrogens is 216 g/mol. The Bertz CT molecular complexity index is 249. The Morgan fingerprint density at radius 1 is 1.71 bits per heavy atom. The molecule has 5 heteroatoms. The van der Waals surface area contributed by atoms with Crippen LogP contribution in [0, 0.1) is 0 Å². The summed E-state index contributed by atoms with van der Waals surface area (Å²) in [6, 6.07) is -0.212. The second-order valence-electron chi connectivity index (χ2n) is 3.78. The molecule has 0 radical (unpaired) electrons. The van der Waals surface area contributed by atoms with Gasteiger partial charge in [0, 0.05) is 0 Å². The topological polar surface area (TPSA) is 55.1 Å². The van der Waals surface area contributed by atoms with Crippen LogP contribution in [-0.4, -0.2) is 27.4 Å². The molecule has 14 heavy (non-hydrogen) atoms. The molecule has 1 aliphatic rings. The Morgan fingerprint density at radius 3 is 2.79 bits per heavy atom. The quantitative estimate of drug-likeness (QED) is 0.715. The van der Waals surface area contributed by atoms with E-state index in [1.165, 1.54) is 0 Å². The summed E-state index contributed by atoms with van der Waals surface area (Å²) in [6.45, 7) is 3.79. The molecule has 2 unspecified atom stereocenters. The number of amides is 1. The SMILES string of the molecule is CC(NC(=O)C1(C)CCCS1)C(N)=S. The second-order valence-corrected chi connectivity index (χ2v) is 5.85. The fourth-order valence-corrected chi connectivity index (χ4v) is 2.66. The molecule has 0 aliphatic carbocycles. The van der Waals surface area contributed by atoms with E-state index in [1.54, 1.807) is 11.8 Å². The zero-order valence-electron chi connectivity index (χ0n) is 8.50. The van der Waals surface area contributed by atoms with Gasteiger partial charge in [-0.25, -0.2) is 0 Å². The molecule has 1 aliphatic heterocycles. The van der Waals surface area contributed by atoms with E-state index in [2.05, 4.69) is 5.32 Å². The minimum Gasteiger partial charge on any atom is -0.392 e. The summed E-state index contributed by atoms with van der Waals surface area (Å²) in [5.74, 6) is 1.12. The van der Waals surface area contributed by atoms with Gasteiger partial charge >= 0.3 is 0 Å². The minimum absolute atomic E-state index is 0.0558. The van der Waals surface area contributed by atoms with Gasteiger partial charge in [0.15, 0.2) is 0 Å². The molecule has 0 spiro atoms.